The van der Waals surface area contributed by atoms with Crippen molar-refractivity contribution in [2.75, 3.05) is 25.1 Å². The predicted octanol–water partition coefficient (Wildman–Crippen LogP) is 2.23. The lowest BCUT2D eigenvalue weighted by Gasteiger charge is -2.22. The van der Waals surface area contributed by atoms with Crippen LogP contribution in [0.15, 0.2) is 18.3 Å². The van der Waals surface area contributed by atoms with Gasteiger partial charge in [0.15, 0.2) is 0 Å². The average Bonchev–Trinajstić information content (AvgIpc) is 2.28. The Balaban J connectivity index is 1.81. The van der Waals surface area contributed by atoms with Crippen molar-refractivity contribution in [1.29, 1.82) is 0 Å². The van der Waals surface area contributed by atoms with Gasteiger partial charge in [0, 0.05) is 30.7 Å². The number of hydrogen-bond donors (Lipinski definition) is 1. The van der Waals surface area contributed by atoms with Crippen molar-refractivity contribution in [2.24, 2.45) is 5.92 Å². The molecule has 3 heteroatoms. The minimum atomic E-state index is 0.659. The maximum absolute atomic E-state index is 5.44. The van der Waals surface area contributed by atoms with Gasteiger partial charge in [0.05, 0.1) is 6.61 Å². The number of nitrogens with one attached hydrogen (secondary N) is 1. The Bertz CT molecular complexity index is 308. The normalized spacial score (nSPS) is 21.3. The molecule has 82 valence electrons. The molecule has 1 aliphatic rings. The van der Waals surface area contributed by atoms with Gasteiger partial charge in [-0.1, -0.05) is 0 Å². The first-order chi connectivity index (χ1) is 7.34. The van der Waals surface area contributed by atoms with Gasteiger partial charge in [0.2, 0.25) is 0 Å². The quantitative estimate of drug-likeness (QED) is 0.823. The van der Waals surface area contributed by atoms with Crippen molar-refractivity contribution in [2.45, 2.75) is 19.8 Å². The minimum absolute atomic E-state index is 0.659. The summed E-state index contributed by atoms with van der Waals surface area (Å²) in [5.41, 5.74) is 2.22. The number of rotatable bonds is 3. The van der Waals surface area contributed by atoms with Crippen LogP contribution in [0.4, 0.5) is 5.69 Å². The number of anilines is 1. The molecule has 2 rings (SSSR count). The monoisotopic (exact) mass is 206 g/mol. The Labute approximate surface area is 90.9 Å². The highest BCUT2D eigenvalue weighted by Gasteiger charge is 2.13. The third kappa shape index (κ3) is 3.20. The Kier molecular flexibility index (Phi) is 3.56. The number of pyridine rings is 1. The van der Waals surface area contributed by atoms with E-state index in [1.165, 1.54) is 12.8 Å². The SMILES string of the molecule is Cc1cc(NCC2CCCOC2)ccn1. The number of aromatic nitrogens is 1. The summed E-state index contributed by atoms with van der Waals surface area (Å²) in [6.45, 7) is 4.85. The van der Waals surface area contributed by atoms with Crippen LogP contribution < -0.4 is 5.32 Å². The molecule has 1 unspecified atom stereocenters. The molecule has 0 aliphatic carbocycles. The Morgan fingerprint density at radius 2 is 2.53 bits per heavy atom. The number of ether oxygens (including phenoxy) is 1. The highest BCUT2D eigenvalue weighted by atomic mass is 16.5. The number of aryl methyl sites for hydroxylation is 1. The second-order valence-corrected chi connectivity index (χ2v) is 4.15. The molecule has 0 amide bonds. The van der Waals surface area contributed by atoms with Crippen molar-refractivity contribution in [3.8, 4) is 0 Å². The van der Waals surface area contributed by atoms with Crippen LogP contribution >= 0.6 is 0 Å². The summed E-state index contributed by atoms with van der Waals surface area (Å²) < 4.78 is 5.44. The van der Waals surface area contributed by atoms with Crippen LogP contribution in [0.25, 0.3) is 0 Å². The molecule has 1 fully saturated rings. The van der Waals surface area contributed by atoms with E-state index in [1.54, 1.807) is 0 Å². The van der Waals surface area contributed by atoms with E-state index in [-0.39, 0.29) is 0 Å². The lowest BCUT2D eigenvalue weighted by molar-refractivity contribution is 0.0595. The molecule has 1 aliphatic heterocycles. The van der Waals surface area contributed by atoms with Crippen LogP contribution in [0.2, 0.25) is 0 Å². The second-order valence-electron chi connectivity index (χ2n) is 4.15. The number of nitrogens with zero attached hydrogens (tertiary/aromatic N) is 1. The summed E-state index contributed by atoms with van der Waals surface area (Å²) in [6, 6.07) is 4.08. The topological polar surface area (TPSA) is 34.1 Å². The van der Waals surface area contributed by atoms with Crippen LogP contribution in [-0.2, 0) is 4.74 Å². The molecule has 1 atom stereocenters. The molecule has 3 nitrogen and oxygen atoms in total. The van der Waals surface area contributed by atoms with Crippen molar-refractivity contribution in [3.05, 3.63) is 24.0 Å². The average molecular weight is 206 g/mol. The van der Waals surface area contributed by atoms with Gasteiger partial charge in [-0.15, -0.1) is 0 Å². The smallest absolute Gasteiger partial charge is 0.0511 e. The minimum Gasteiger partial charge on any atom is -0.385 e. The molecule has 15 heavy (non-hydrogen) atoms. The van der Waals surface area contributed by atoms with E-state index in [0.717, 1.165) is 31.1 Å². The van der Waals surface area contributed by atoms with Crippen LogP contribution in [0.5, 0.6) is 0 Å². The van der Waals surface area contributed by atoms with Gasteiger partial charge in [-0.3, -0.25) is 4.98 Å². The van der Waals surface area contributed by atoms with Gasteiger partial charge < -0.3 is 10.1 Å². The second kappa shape index (κ2) is 5.12. The van der Waals surface area contributed by atoms with Crippen LogP contribution in [0.1, 0.15) is 18.5 Å². The fourth-order valence-corrected chi connectivity index (χ4v) is 1.89. The molecular formula is C12H18N2O. The van der Waals surface area contributed by atoms with Gasteiger partial charge >= 0.3 is 0 Å². The summed E-state index contributed by atoms with van der Waals surface area (Å²) in [6.07, 6.45) is 4.31. The Morgan fingerprint density at radius 1 is 1.60 bits per heavy atom. The highest BCUT2D eigenvalue weighted by Crippen LogP contribution is 2.15. The summed E-state index contributed by atoms with van der Waals surface area (Å²) in [4.78, 5) is 4.17. The summed E-state index contributed by atoms with van der Waals surface area (Å²) >= 11 is 0. The molecular weight excluding hydrogens is 188 g/mol. The van der Waals surface area contributed by atoms with Crippen molar-refractivity contribution in [3.63, 3.8) is 0 Å². The molecule has 0 saturated carbocycles. The van der Waals surface area contributed by atoms with Gasteiger partial charge in [-0.05, 0) is 37.8 Å². The standard InChI is InChI=1S/C12H18N2O/c1-10-7-12(4-5-13-10)14-8-11-3-2-6-15-9-11/h4-5,7,11H,2-3,6,8-9H2,1H3,(H,13,14). The molecule has 0 aromatic carbocycles. The summed E-state index contributed by atoms with van der Waals surface area (Å²) in [5, 5.41) is 3.44. The molecule has 1 saturated heterocycles. The number of hydrogen-bond acceptors (Lipinski definition) is 3. The molecule has 1 aromatic rings. The maximum atomic E-state index is 5.44. The molecule has 0 radical (unpaired) electrons. The summed E-state index contributed by atoms with van der Waals surface area (Å²) in [5.74, 6) is 0.659. The fourth-order valence-electron chi connectivity index (χ4n) is 1.89. The van der Waals surface area contributed by atoms with E-state index in [0.29, 0.717) is 5.92 Å². The molecule has 0 bridgehead atoms. The zero-order valence-corrected chi connectivity index (χ0v) is 9.20. The van der Waals surface area contributed by atoms with Crippen LogP contribution in [-0.4, -0.2) is 24.7 Å². The Morgan fingerprint density at radius 3 is 3.27 bits per heavy atom. The van der Waals surface area contributed by atoms with Gasteiger partial charge in [0.1, 0.15) is 0 Å². The van der Waals surface area contributed by atoms with Crippen molar-refractivity contribution >= 4 is 5.69 Å². The first kappa shape index (κ1) is 10.4. The third-order valence-electron chi connectivity index (χ3n) is 2.75. The Hall–Kier alpha value is -1.09. The van der Waals surface area contributed by atoms with E-state index in [4.69, 9.17) is 4.74 Å². The van der Waals surface area contributed by atoms with E-state index >= 15 is 0 Å². The molecule has 1 aromatic heterocycles. The van der Waals surface area contributed by atoms with Crippen molar-refractivity contribution < 1.29 is 4.74 Å². The van der Waals surface area contributed by atoms with Gasteiger partial charge in [-0.25, -0.2) is 0 Å². The lowest BCUT2D eigenvalue weighted by Crippen LogP contribution is -2.24. The summed E-state index contributed by atoms with van der Waals surface area (Å²) in [7, 11) is 0. The largest absolute Gasteiger partial charge is 0.385 e. The lowest BCUT2D eigenvalue weighted by atomic mass is 10.0. The third-order valence-corrected chi connectivity index (χ3v) is 2.75. The van der Waals surface area contributed by atoms with Crippen LogP contribution in [0, 0.1) is 12.8 Å². The molecule has 1 N–H and O–H groups in total. The van der Waals surface area contributed by atoms with E-state index < -0.39 is 0 Å². The first-order valence-electron chi connectivity index (χ1n) is 5.59. The maximum Gasteiger partial charge on any atom is 0.0511 e. The molecule has 2 heterocycles. The first-order valence-corrected chi connectivity index (χ1v) is 5.59. The zero-order valence-electron chi connectivity index (χ0n) is 9.20. The van der Waals surface area contributed by atoms with E-state index in [2.05, 4.69) is 16.4 Å². The highest BCUT2D eigenvalue weighted by molar-refractivity contribution is 5.42. The van der Waals surface area contributed by atoms with Crippen LogP contribution in [0.3, 0.4) is 0 Å². The zero-order chi connectivity index (χ0) is 10.5. The predicted molar refractivity (Wildman–Crippen MR) is 61.0 cm³/mol. The van der Waals surface area contributed by atoms with E-state index in [1.807, 2.05) is 19.2 Å². The van der Waals surface area contributed by atoms with Gasteiger partial charge in [-0.2, -0.15) is 0 Å². The molecule has 0 spiro atoms. The van der Waals surface area contributed by atoms with Gasteiger partial charge in [0.25, 0.3) is 0 Å². The van der Waals surface area contributed by atoms with E-state index in [9.17, 15) is 0 Å². The van der Waals surface area contributed by atoms with Crippen molar-refractivity contribution in [1.82, 2.24) is 4.98 Å². The fraction of sp³-hybridized carbons (Fsp3) is 0.583.